The molecule has 14 heavy (non-hydrogen) atoms. The van der Waals surface area contributed by atoms with Gasteiger partial charge in [0.1, 0.15) is 0 Å². The van der Waals surface area contributed by atoms with Gasteiger partial charge in [-0.3, -0.25) is 0 Å². The molecule has 0 radical (unpaired) electrons. The number of carbonyl (C=O) groups excluding carboxylic acids is 1. The molecule has 0 N–H and O–H groups in total. The van der Waals surface area contributed by atoms with E-state index in [9.17, 15) is 4.79 Å². The van der Waals surface area contributed by atoms with E-state index < -0.39 is 0 Å². The lowest BCUT2D eigenvalue weighted by molar-refractivity contribution is -0.135. The first-order valence-corrected chi connectivity index (χ1v) is 5.49. The highest BCUT2D eigenvalue weighted by Crippen LogP contribution is 2.44. The largest absolute Gasteiger partial charge is 0.465 e. The van der Waals surface area contributed by atoms with Gasteiger partial charge < -0.3 is 4.74 Å². The highest BCUT2D eigenvalue weighted by atomic mass is 35.5. The number of ether oxygens (including phenoxy) is 1. The molecule has 2 aliphatic rings. The van der Waals surface area contributed by atoms with Crippen LogP contribution in [0, 0.1) is 5.92 Å². The standard InChI is InChI=1S/C10H9ClO2S/c1-13-10(12)8-5-6-3-2-4-7(11)9(6)14-8/h2-6,9H,1H3. The Morgan fingerprint density at radius 2 is 2.43 bits per heavy atom. The van der Waals surface area contributed by atoms with Crippen LogP contribution in [0.15, 0.2) is 34.2 Å². The van der Waals surface area contributed by atoms with Crippen LogP contribution in [0.1, 0.15) is 0 Å². The molecule has 0 spiro atoms. The minimum Gasteiger partial charge on any atom is -0.465 e. The van der Waals surface area contributed by atoms with Crippen LogP contribution in [0.3, 0.4) is 0 Å². The third kappa shape index (κ3) is 1.62. The molecule has 1 aliphatic carbocycles. The second kappa shape index (κ2) is 3.83. The number of allylic oxidation sites excluding steroid dienone is 4. The lowest BCUT2D eigenvalue weighted by Gasteiger charge is -2.17. The smallest absolute Gasteiger partial charge is 0.344 e. The van der Waals surface area contributed by atoms with Crippen LogP contribution in [-0.4, -0.2) is 18.3 Å². The maximum atomic E-state index is 11.3. The Bertz CT molecular complexity index is 357. The van der Waals surface area contributed by atoms with Gasteiger partial charge in [-0.25, -0.2) is 4.79 Å². The number of thioether (sulfide) groups is 1. The van der Waals surface area contributed by atoms with Crippen molar-refractivity contribution in [1.82, 2.24) is 0 Å². The predicted octanol–water partition coefficient (Wildman–Crippen LogP) is 2.47. The first-order valence-electron chi connectivity index (χ1n) is 4.23. The van der Waals surface area contributed by atoms with E-state index in [-0.39, 0.29) is 17.1 Å². The number of esters is 1. The van der Waals surface area contributed by atoms with Gasteiger partial charge in [-0.15, -0.1) is 11.8 Å². The average Bonchev–Trinajstić information content (AvgIpc) is 2.62. The van der Waals surface area contributed by atoms with Crippen LogP contribution in [0.2, 0.25) is 0 Å². The molecule has 1 heterocycles. The van der Waals surface area contributed by atoms with Crippen LogP contribution in [0.4, 0.5) is 0 Å². The van der Waals surface area contributed by atoms with E-state index in [0.29, 0.717) is 4.91 Å². The molecule has 1 aliphatic heterocycles. The van der Waals surface area contributed by atoms with Gasteiger partial charge in [-0.05, 0) is 6.08 Å². The van der Waals surface area contributed by atoms with Crippen LogP contribution in [-0.2, 0) is 9.53 Å². The molecule has 0 aromatic carbocycles. The molecular weight excluding hydrogens is 220 g/mol. The van der Waals surface area contributed by atoms with Crippen molar-refractivity contribution in [2.75, 3.05) is 7.11 Å². The number of carbonyl (C=O) groups is 1. The van der Waals surface area contributed by atoms with Crippen molar-refractivity contribution in [3.8, 4) is 0 Å². The molecule has 2 rings (SSSR count). The SMILES string of the molecule is COC(=O)C1=CC2C=CC=C(Cl)C2S1. The van der Waals surface area contributed by atoms with Crippen LogP contribution in [0.25, 0.3) is 0 Å². The van der Waals surface area contributed by atoms with Gasteiger partial charge in [0.15, 0.2) is 0 Å². The molecule has 2 nitrogen and oxygen atoms in total. The Kier molecular flexibility index (Phi) is 2.70. The van der Waals surface area contributed by atoms with Gasteiger partial charge in [0, 0.05) is 11.0 Å². The van der Waals surface area contributed by atoms with Gasteiger partial charge in [-0.2, -0.15) is 0 Å². The summed E-state index contributed by atoms with van der Waals surface area (Å²) in [6, 6.07) is 0. The van der Waals surface area contributed by atoms with Crippen LogP contribution >= 0.6 is 23.4 Å². The summed E-state index contributed by atoms with van der Waals surface area (Å²) >= 11 is 7.50. The van der Waals surface area contributed by atoms with E-state index in [2.05, 4.69) is 4.74 Å². The monoisotopic (exact) mass is 228 g/mol. The second-order valence-electron chi connectivity index (χ2n) is 3.07. The Hall–Kier alpha value is -0.670. The maximum absolute atomic E-state index is 11.3. The molecule has 0 saturated heterocycles. The summed E-state index contributed by atoms with van der Waals surface area (Å²) in [6.07, 6.45) is 7.73. The van der Waals surface area contributed by atoms with Gasteiger partial charge in [0.2, 0.25) is 0 Å². The van der Waals surface area contributed by atoms with Crippen molar-refractivity contribution in [2.45, 2.75) is 5.25 Å². The number of halogens is 1. The van der Waals surface area contributed by atoms with Gasteiger partial charge in [0.05, 0.1) is 17.3 Å². The fraction of sp³-hybridized carbons (Fsp3) is 0.300. The summed E-state index contributed by atoms with van der Waals surface area (Å²) in [5, 5.41) is 0.952. The quantitative estimate of drug-likeness (QED) is 0.645. The van der Waals surface area contributed by atoms with E-state index >= 15 is 0 Å². The summed E-state index contributed by atoms with van der Waals surface area (Å²) in [4.78, 5) is 11.9. The first kappa shape index (κ1) is 9.87. The van der Waals surface area contributed by atoms with Crippen molar-refractivity contribution in [2.24, 2.45) is 5.92 Å². The van der Waals surface area contributed by atoms with E-state index in [1.54, 1.807) is 0 Å². The minimum absolute atomic E-state index is 0.163. The molecule has 0 saturated carbocycles. The summed E-state index contributed by atoms with van der Waals surface area (Å²) in [5.41, 5.74) is 0. The number of fused-ring (bicyclic) bond motifs is 1. The highest BCUT2D eigenvalue weighted by Gasteiger charge is 2.33. The number of methoxy groups -OCH3 is 1. The molecule has 2 unspecified atom stereocenters. The van der Waals surface area contributed by atoms with Gasteiger partial charge in [-0.1, -0.05) is 29.8 Å². The minimum atomic E-state index is -0.276. The molecular formula is C10H9ClO2S. The number of hydrogen-bond acceptors (Lipinski definition) is 3. The lowest BCUT2D eigenvalue weighted by Crippen LogP contribution is -2.11. The van der Waals surface area contributed by atoms with E-state index in [0.717, 1.165) is 5.03 Å². The fourth-order valence-corrected chi connectivity index (χ4v) is 3.06. The average molecular weight is 229 g/mol. The summed E-state index contributed by atoms with van der Waals surface area (Å²) in [5.74, 6) is -0.0473. The van der Waals surface area contributed by atoms with E-state index in [4.69, 9.17) is 11.6 Å². The fourth-order valence-electron chi connectivity index (χ4n) is 1.50. The van der Waals surface area contributed by atoms with Crippen molar-refractivity contribution >= 4 is 29.3 Å². The van der Waals surface area contributed by atoms with Gasteiger partial charge in [0.25, 0.3) is 0 Å². The third-order valence-corrected chi connectivity index (χ3v) is 4.06. The third-order valence-electron chi connectivity index (χ3n) is 2.19. The molecule has 0 fully saturated rings. The lowest BCUT2D eigenvalue weighted by atomic mass is 10.00. The van der Waals surface area contributed by atoms with Crippen molar-refractivity contribution in [3.05, 3.63) is 34.2 Å². The summed E-state index contributed by atoms with van der Waals surface area (Å²) in [7, 11) is 1.39. The predicted molar refractivity (Wildman–Crippen MR) is 58.0 cm³/mol. The van der Waals surface area contributed by atoms with E-state index in [1.165, 1.54) is 18.9 Å². The van der Waals surface area contributed by atoms with Crippen molar-refractivity contribution in [1.29, 1.82) is 0 Å². The Morgan fingerprint density at radius 1 is 1.64 bits per heavy atom. The highest BCUT2D eigenvalue weighted by molar-refractivity contribution is 8.05. The van der Waals surface area contributed by atoms with Crippen molar-refractivity contribution < 1.29 is 9.53 Å². The molecule has 0 bridgehead atoms. The number of rotatable bonds is 1. The zero-order valence-corrected chi connectivity index (χ0v) is 9.14. The van der Waals surface area contributed by atoms with E-state index in [1.807, 2.05) is 24.3 Å². The Morgan fingerprint density at radius 3 is 3.07 bits per heavy atom. The normalized spacial score (nSPS) is 29.3. The topological polar surface area (TPSA) is 26.3 Å². The molecule has 4 heteroatoms. The maximum Gasteiger partial charge on any atom is 0.344 e. The molecule has 0 aromatic rings. The van der Waals surface area contributed by atoms with Crippen LogP contribution in [0.5, 0.6) is 0 Å². The zero-order chi connectivity index (χ0) is 10.1. The molecule has 74 valence electrons. The Balaban J connectivity index is 2.19. The molecule has 2 atom stereocenters. The molecule has 0 aromatic heterocycles. The molecule has 0 amide bonds. The second-order valence-corrected chi connectivity index (χ2v) is 4.69. The number of hydrogen-bond donors (Lipinski definition) is 0. The summed E-state index contributed by atoms with van der Waals surface area (Å²) in [6.45, 7) is 0. The summed E-state index contributed by atoms with van der Waals surface area (Å²) < 4.78 is 4.66. The Labute approximate surface area is 91.6 Å². The van der Waals surface area contributed by atoms with Crippen molar-refractivity contribution in [3.63, 3.8) is 0 Å². The van der Waals surface area contributed by atoms with Crippen LogP contribution < -0.4 is 0 Å². The van der Waals surface area contributed by atoms with Gasteiger partial charge >= 0.3 is 5.97 Å². The first-order chi connectivity index (χ1) is 6.72. The zero-order valence-electron chi connectivity index (χ0n) is 7.57.